The molecule has 1 amide bonds. The molecule has 0 bridgehead atoms. The summed E-state index contributed by atoms with van der Waals surface area (Å²) in [6.07, 6.45) is -1.05. The van der Waals surface area contributed by atoms with E-state index in [0.29, 0.717) is 11.3 Å². The van der Waals surface area contributed by atoms with E-state index >= 15 is 0 Å². The molecule has 0 spiro atoms. The van der Waals surface area contributed by atoms with Gasteiger partial charge in [-0.1, -0.05) is 0 Å². The highest BCUT2D eigenvalue weighted by molar-refractivity contribution is 6.09. The number of halogens is 4. The van der Waals surface area contributed by atoms with Crippen molar-refractivity contribution in [2.24, 2.45) is 0 Å². The van der Waals surface area contributed by atoms with Gasteiger partial charge < -0.3 is 25.2 Å². The molecule has 3 N–H and O–H groups in total. The van der Waals surface area contributed by atoms with Crippen molar-refractivity contribution in [3.63, 3.8) is 0 Å². The van der Waals surface area contributed by atoms with Gasteiger partial charge in [-0.05, 0) is 12.1 Å². The number of carbonyl (C=O) groups excluding carboxylic acids is 1. The fourth-order valence-electron chi connectivity index (χ4n) is 4.58. The van der Waals surface area contributed by atoms with Gasteiger partial charge in [-0.15, -0.1) is 0 Å². The summed E-state index contributed by atoms with van der Waals surface area (Å²) in [7, 11) is 0. The number of fused-ring (bicyclic) bond motifs is 2. The minimum atomic E-state index is -4.84. The van der Waals surface area contributed by atoms with Gasteiger partial charge in [0.25, 0.3) is 5.91 Å². The minimum absolute atomic E-state index is 0.00404. The molecule has 4 heterocycles. The summed E-state index contributed by atoms with van der Waals surface area (Å²) in [4.78, 5) is 19.0. The van der Waals surface area contributed by atoms with Gasteiger partial charge in [0, 0.05) is 56.4 Å². The minimum Gasteiger partial charge on any atom is -0.475 e. The predicted octanol–water partition coefficient (Wildman–Crippen LogP) is 2.51. The summed E-state index contributed by atoms with van der Waals surface area (Å²) >= 11 is 0. The van der Waals surface area contributed by atoms with Gasteiger partial charge in [0.1, 0.15) is 17.0 Å². The molecule has 9 nitrogen and oxygen atoms in total. The average Bonchev–Trinajstić information content (AvgIpc) is 3.46. The van der Waals surface area contributed by atoms with Crippen LogP contribution in [0.4, 0.5) is 28.9 Å². The fourth-order valence-corrected chi connectivity index (χ4v) is 4.58. The van der Waals surface area contributed by atoms with Crippen LogP contribution in [0, 0.1) is 0 Å². The second-order valence-corrected chi connectivity index (χ2v) is 9.10. The van der Waals surface area contributed by atoms with Crippen LogP contribution in [0.2, 0.25) is 0 Å². The molecular weight excluding hydrogens is 486 g/mol. The molecule has 0 unspecified atom stereocenters. The van der Waals surface area contributed by atoms with Crippen LogP contribution < -0.4 is 15.0 Å². The van der Waals surface area contributed by atoms with Crippen LogP contribution in [0.5, 0.6) is 5.75 Å². The number of anilines is 2. The number of nitrogens with zero attached hydrogens (tertiary/aromatic N) is 4. The summed E-state index contributed by atoms with van der Waals surface area (Å²) in [5, 5.41) is 25.7. The Hall–Kier alpha value is -3.45. The first-order chi connectivity index (χ1) is 17.1. The zero-order valence-corrected chi connectivity index (χ0v) is 18.9. The molecule has 0 saturated carbocycles. The summed E-state index contributed by atoms with van der Waals surface area (Å²) in [6.45, 7) is -1.60. The van der Waals surface area contributed by atoms with Gasteiger partial charge in [-0.3, -0.25) is 4.79 Å². The number of carbonyl (C=O) groups is 1. The molecule has 13 heteroatoms. The van der Waals surface area contributed by atoms with Gasteiger partial charge in [-0.25, -0.2) is 13.9 Å². The highest BCUT2D eigenvalue weighted by atomic mass is 19.4. The molecule has 2 aromatic heterocycles. The van der Waals surface area contributed by atoms with E-state index in [-0.39, 0.29) is 48.5 Å². The number of piperidine rings is 1. The zero-order valence-electron chi connectivity index (χ0n) is 18.9. The lowest BCUT2D eigenvalue weighted by Crippen LogP contribution is -2.52. The van der Waals surface area contributed by atoms with Gasteiger partial charge in [0.2, 0.25) is 5.60 Å². The standard InChI is InChI=1S/C23H23F4N5O4/c24-21(12-33)2-6-31(7-3-21)17-9-18-14(10-22(13-34,36-18)23(25,26)27)8-16(17)30-20(35)15-11-29-32-5-1-4-28-19(15)32/h1,4-5,8-9,11,33-34H,2-3,6-7,10,12-13H2,(H,30,35)/t22-/m1/s1. The zero-order chi connectivity index (χ0) is 25.7. The number of aromatic nitrogens is 3. The molecule has 192 valence electrons. The van der Waals surface area contributed by atoms with Crippen molar-refractivity contribution in [1.29, 1.82) is 0 Å². The number of aliphatic hydroxyl groups excluding tert-OH is 2. The number of amides is 1. The summed E-state index contributed by atoms with van der Waals surface area (Å²) in [5.74, 6) is -0.661. The van der Waals surface area contributed by atoms with Gasteiger partial charge in [0.05, 0.1) is 30.8 Å². The lowest BCUT2D eigenvalue weighted by Gasteiger charge is -2.37. The maximum absolute atomic E-state index is 14.6. The van der Waals surface area contributed by atoms with E-state index in [0.717, 1.165) is 0 Å². The molecule has 2 aliphatic heterocycles. The molecule has 0 aliphatic carbocycles. The molecule has 1 fully saturated rings. The molecule has 0 radical (unpaired) electrons. The first-order valence-corrected chi connectivity index (χ1v) is 11.3. The fraction of sp³-hybridized carbons (Fsp3) is 0.435. The maximum atomic E-state index is 14.6. The van der Waals surface area contributed by atoms with E-state index in [1.54, 1.807) is 17.2 Å². The van der Waals surface area contributed by atoms with Crippen molar-refractivity contribution in [3.05, 3.63) is 47.9 Å². The Bertz CT molecular complexity index is 1310. The van der Waals surface area contributed by atoms with E-state index < -0.39 is 43.0 Å². The first-order valence-electron chi connectivity index (χ1n) is 11.3. The number of benzene rings is 1. The molecule has 36 heavy (non-hydrogen) atoms. The number of hydrogen-bond donors (Lipinski definition) is 3. The Morgan fingerprint density at radius 2 is 1.94 bits per heavy atom. The molecule has 2 aliphatic rings. The third-order valence-electron chi connectivity index (χ3n) is 6.79. The van der Waals surface area contributed by atoms with Crippen LogP contribution in [-0.2, 0) is 6.42 Å². The van der Waals surface area contributed by atoms with Gasteiger partial charge in [-0.2, -0.15) is 18.3 Å². The van der Waals surface area contributed by atoms with Crippen molar-refractivity contribution >= 4 is 22.9 Å². The number of alkyl halides is 4. The van der Waals surface area contributed by atoms with Crippen molar-refractivity contribution in [2.75, 3.05) is 36.5 Å². The number of rotatable bonds is 5. The number of ether oxygens (including phenoxy) is 1. The molecule has 5 rings (SSSR count). The van der Waals surface area contributed by atoms with Crippen LogP contribution in [0.15, 0.2) is 36.8 Å². The number of hydrogen-bond acceptors (Lipinski definition) is 7. The second kappa shape index (κ2) is 8.59. The lowest BCUT2D eigenvalue weighted by molar-refractivity contribution is -0.252. The van der Waals surface area contributed by atoms with Crippen molar-refractivity contribution in [1.82, 2.24) is 14.6 Å². The topological polar surface area (TPSA) is 112 Å². The predicted molar refractivity (Wildman–Crippen MR) is 120 cm³/mol. The van der Waals surface area contributed by atoms with Crippen LogP contribution in [0.3, 0.4) is 0 Å². The van der Waals surface area contributed by atoms with Crippen molar-refractivity contribution in [3.8, 4) is 5.75 Å². The van der Waals surface area contributed by atoms with Crippen LogP contribution >= 0.6 is 0 Å². The number of nitrogens with one attached hydrogen (secondary N) is 1. The summed E-state index contributed by atoms with van der Waals surface area (Å²) in [5.41, 5.74) is -3.41. The Morgan fingerprint density at radius 3 is 2.61 bits per heavy atom. The molecule has 1 saturated heterocycles. The van der Waals surface area contributed by atoms with Gasteiger partial charge >= 0.3 is 6.18 Å². The Labute approximate surface area is 202 Å². The third-order valence-corrected chi connectivity index (χ3v) is 6.79. The molecule has 1 aromatic carbocycles. The van der Waals surface area contributed by atoms with Crippen molar-refractivity contribution in [2.45, 2.75) is 36.7 Å². The summed E-state index contributed by atoms with van der Waals surface area (Å²) < 4.78 is 62.5. The molecule has 3 aromatic rings. The number of aliphatic hydroxyl groups is 2. The highest BCUT2D eigenvalue weighted by Crippen LogP contribution is 2.48. The third kappa shape index (κ3) is 4.01. The van der Waals surface area contributed by atoms with E-state index in [1.165, 1.54) is 29.0 Å². The SMILES string of the molecule is O=C(Nc1cc2c(cc1N1CCC(F)(CO)CC1)O[C@](CO)(C(F)(F)F)C2)c1cnn2cccnc12. The van der Waals surface area contributed by atoms with E-state index in [4.69, 9.17) is 4.74 Å². The maximum Gasteiger partial charge on any atom is 0.430 e. The van der Waals surface area contributed by atoms with Gasteiger partial charge in [0.15, 0.2) is 5.65 Å². The van der Waals surface area contributed by atoms with Crippen LogP contribution in [0.1, 0.15) is 28.8 Å². The highest BCUT2D eigenvalue weighted by Gasteiger charge is 2.60. The largest absolute Gasteiger partial charge is 0.475 e. The van der Waals surface area contributed by atoms with E-state index in [1.807, 2.05) is 0 Å². The Morgan fingerprint density at radius 1 is 1.19 bits per heavy atom. The quantitative estimate of drug-likeness (QED) is 0.453. The van der Waals surface area contributed by atoms with Crippen molar-refractivity contribution < 1.29 is 37.3 Å². The van der Waals surface area contributed by atoms with Crippen LogP contribution in [-0.4, -0.2) is 74.5 Å². The second-order valence-electron chi connectivity index (χ2n) is 9.10. The Balaban J connectivity index is 1.52. The first kappa shape index (κ1) is 24.3. The average molecular weight is 509 g/mol. The monoisotopic (exact) mass is 509 g/mol. The normalized spacial score (nSPS) is 21.3. The summed E-state index contributed by atoms with van der Waals surface area (Å²) in [6, 6.07) is 4.39. The molecule has 1 atom stereocenters. The molecular formula is C23H23F4N5O4. The van der Waals surface area contributed by atoms with E-state index in [9.17, 15) is 32.6 Å². The smallest absolute Gasteiger partial charge is 0.430 e. The van der Waals surface area contributed by atoms with Crippen LogP contribution in [0.25, 0.3) is 5.65 Å². The van der Waals surface area contributed by atoms with E-state index in [2.05, 4.69) is 15.4 Å². The Kier molecular flexibility index (Phi) is 5.79. The lowest BCUT2D eigenvalue weighted by atomic mass is 9.93.